The van der Waals surface area contributed by atoms with Crippen molar-refractivity contribution in [1.82, 2.24) is 10.6 Å². The fourth-order valence-corrected chi connectivity index (χ4v) is 1.72. The molecule has 0 saturated heterocycles. The zero-order valence-corrected chi connectivity index (χ0v) is 11.4. The largest absolute Gasteiger partial charge is 0.480 e. The molecule has 0 aromatic rings. The lowest BCUT2D eigenvalue weighted by atomic mass is 10.2. The molecule has 0 rings (SSSR count). The Balaban J connectivity index is 4.47. The second-order valence-electron chi connectivity index (χ2n) is 4.05. The standard InChI is InChI=1S/C9H17N3O6S/c1-5(7(10)13)11-9(16)12-6(8(14)15)3-4-19(2,17)18/h5-6H,3-4H2,1-2H3,(H2,10,13)(H,14,15)(H2,11,12,16). The minimum atomic E-state index is -3.33. The van der Waals surface area contributed by atoms with Crippen LogP contribution in [-0.2, 0) is 19.4 Å². The van der Waals surface area contributed by atoms with E-state index in [0.29, 0.717) is 0 Å². The Morgan fingerprint density at radius 3 is 2.16 bits per heavy atom. The van der Waals surface area contributed by atoms with Crippen molar-refractivity contribution < 1.29 is 27.9 Å². The monoisotopic (exact) mass is 295 g/mol. The van der Waals surface area contributed by atoms with Crippen LogP contribution in [0.1, 0.15) is 13.3 Å². The molecule has 0 aliphatic heterocycles. The van der Waals surface area contributed by atoms with Gasteiger partial charge in [0.25, 0.3) is 0 Å². The van der Waals surface area contributed by atoms with E-state index in [0.717, 1.165) is 6.26 Å². The number of rotatable bonds is 7. The number of carboxylic acids is 1. The summed E-state index contributed by atoms with van der Waals surface area (Å²) in [7, 11) is -3.33. The Hall–Kier alpha value is -1.84. The Morgan fingerprint density at radius 1 is 1.26 bits per heavy atom. The molecule has 0 fully saturated rings. The maximum Gasteiger partial charge on any atom is 0.326 e. The summed E-state index contributed by atoms with van der Waals surface area (Å²) in [5, 5.41) is 13.0. The van der Waals surface area contributed by atoms with Crippen molar-refractivity contribution in [3.63, 3.8) is 0 Å². The van der Waals surface area contributed by atoms with E-state index >= 15 is 0 Å². The summed E-state index contributed by atoms with van der Waals surface area (Å²) in [5.41, 5.74) is 4.91. The zero-order valence-electron chi connectivity index (χ0n) is 10.5. The highest BCUT2D eigenvalue weighted by atomic mass is 32.2. The molecule has 0 spiro atoms. The summed E-state index contributed by atoms with van der Waals surface area (Å²) in [6.45, 7) is 1.33. The fraction of sp³-hybridized carbons (Fsp3) is 0.667. The Kier molecular flexibility index (Phi) is 6.25. The third kappa shape index (κ3) is 7.97. The molecule has 5 N–H and O–H groups in total. The van der Waals surface area contributed by atoms with Crippen LogP contribution in [0.25, 0.3) is 0 Å². The second kappa shape index (κ2) is 6.92. The van der Waals surface area contributed by atoms with E-state index in [9.17, 15) is 22.8 Å². The van der Waals surface area contributed by atoms with E-state index in [1.165, 1.54) is 6.92 Å². The highest BCUT2D eigenvalue weighted by molar-refractivity contribution is 7.90. The summed E-state index contributed by atoms with van der Waals surface area (Å²) < 4.78 is 21.9. The first-order chi connectivity index (χ1) is 8.53. The molecule has 0 aromatic heterocycles. The molecule has 2 atom stereocenters. The van der Waals surface area contributed by atoms with Gasteiger partial charge in [-0.2, -0.15) is 0 Å². The average molecular weight is 295 g/mol. The van der Waals surface area contributed by atoms with Gasteiger partial charge in [-0.25, -0.2) is 18.0 Å². The zero-order chi connectivity index (χ0) is 15.2. The van der Waals surface area contributed by atoms with E-state index in [2.05, 4.69) is 10.6 Å². The number of carbonyl (C=O) groups is 3. The molecule has 0 aromatic carbocycles. The summed E-state index contributed by atoms with van der Waals surface area (Å²) >= 11 is 0. The van der Waals surface area contributed by atoms with Crippen molar-refractivity contribution in [3.05, 3.63) is 0 Å². The van der Waals surface area contributed by atoms with Gasteiger partial charge in [0.05, 0.1) is 5.75 Å². The molecule has 0 aliphatic carbocycles. The van der Waals surface area contributed by atoms with Gasteiger partial charge in [-0.15, -0.1) is 0 Å². The molecule has 2 unspecified atom stereocenters. The van der Waals surface area contributed by atoms with Crippen molar-refractivity contribution in [2.45, 2.75) is 25.4 Å². The Morgan fingerprint density at radius 2 is 1.79 bits per heavy atom. The number of primary amides is 1. The van der Waals surface area contributed by atoms with Gasteiger partial charge in [0, 0.05) is 6.26 Å². The number of carboxylic acid groups (broad SMARTS) is 1. The van der Waals surface area contributed by atoms with Crippen molar-refractivity contribution in [2.75, 3.05) is 12.0 Å². The van der Waals surface area contributed by atoms with E-state index in [1.807, 2.05) is 0 Å². The molecule has 3 amide bonds. The number of amides is 3. The van der Waals surface area contributed by atoms with Gasteiger partial charge in [0.15, 0.2) is 0 Å². The third-order valence-corrected chi connectivity index (χ3v) is 3.13. The van der Waals surface area contributed by atoms with Crippen LogP contribution in [0.5, 0.6) is 0 Å². The van der Waals surface area contributed by atoms with Gasteiger partial charge in [0.1, 0.15) is 21.9 Å². The first-order valence-corrected chi connectivity index (χ1v) is 7.36. The number of urea groups is 1. The Bertz CT molecular complexity index is 461. The third-order valence-electron chi connectivity index (χ3n) is 2.16. The van der Waals surface area contributed by atoms with Gasteiger partial charge in [-0.05, 0) is 13.3 Å². The summed E-state index contributed by atoms with van der Waals surface area (Å²) in [6.07, 6.45) is 0.688. The average Bonchev–Trinajstić information content (AvgIpc) is 2.22. The number of hydrogen-bond acceptors (Lipinski definition) is 5. The quantitative estimate of drug-likeness (QED) is 0.427. The predicted octanol–water partition coefficient (Wildman–Crippen LogP) is -1.95. The van der Waals surface area contributed by atoms with Crippen LogP contribution in [0.3, 0.4) is 0 Å². The van der Waals surface area contributed by atoms with E-state index < -0.39 is 39.8 Å². The number of carbonyl (C=O) groups excluding carboxylic acids is 2. The summed E-state index contributed by atoms with van der Waals surface area (Å²) in [6, 6.07) is -3.24. The summed E-state index contributed by atoms with van der Waals surface area (Å²) in [4.78, 5) is 32.9. The van der Waals surface area contributed by atoms with Crippen LogP contribution in [0.15, 0.2) is 0 Å². The minimum absolute atomic E-state index is 0.271. The maximum atomic E-state index is 11.4. The SMILES string of the molecule is CC(NC(=O)NC(CCS(C)(=O)=O)C(=O)O)C(N)=O. The van der Waals surface area contributed by atoms with E-state index in [1.54, 1.807) is 0 Å². The first kappa shape index (κ1) is 17.2. The lowest BCUT2D eigenvalue weighted by Gasteiger charge is -2.16. The Labute approximate surface area is 110 Å². The van der Waals surface area contributed by atoms with Crippen LogP contribution in [0.2, 0.25) is 0 Å². The van der Waals surface area contributed by atoms with Gasteiger partial charge < -0.3 is 21.5 Å². The first-order valence-electron chi connectivity index (χ1n) is 5.30. The molecular formula is C9H17N3O6S. The van der Waals surface area contributed by atoms with Gasteiger partial charge in [0.2, 0.25) is 5.91 Å². The molecular weight excluding hydrogens is 278 g/mol. The normalized spacial score (nSPS) is 14.2. The molecule has 0 bridgehead atoms. The van der Waals surface area contributed by atoms with Crippen molar-refractivity contribution >= 4 is 27.7 Å². The van der Waals surface area contributed by atoms with Crippen LogP contribution in [0.4, 0.5) is 4.79 Å². The van der Waals surface area contributed by atoms with Crippen molar-refractivity contribution in [2.24, 2.45) is 5.73 Å². The second-order valence-corrected chi connectivity index (χ2v) is 6.31. The topological polar surface area (TPSA) is 156 Å². The van der Waals surface area contributed by atoms with Gasteiger partial charge in [-0.3, -0.25) is 4.79 Å². The predicted molar refractivity (Wildman–Crippen MR) is 66.1 cm³/mol. The summed E-state index contributed by atoms with van der Waals surface area (Å²) in [5.74, 6) is -2.53. The highest BCUT2D eigenvalue weighted by Crippen LogP contribution is 1.97. The van der Waals surface area contributed by atoms with E-state index in [4.69, 9.17) is 10.8 Å². The lowest BCUT2D eigenvalue weighted by molar-refractivity contribution is -0.139. The molecule has 0 radical (unpaired) electrons. The lowest BCUT2D eigenvalue weighted by Crippen LogP contribution is -2.51. The smallest absolute Gasteiger partial charge is 0.326 e. The van der Waals surface area contributed by atoms with Gasteiger partial charge in [-0.1, -0.05) is 0 Å². The number of sulfone groups is 1. The number of nitrogens with two attached hydrogens (primary N) is 1. The van der Waals surface area contributed by atoms with Crippen molar-refractivity contribution in [1.29, 1.82) is 0 Å². The molecule has 110 valence electrons. The molecule has 10 heteroatoms. The van der Waals surface area contributed by atoms with Crippen LogP contribution >= 0.6 is 0 Å². The number of hydrogen-bond donors (Lipinski definition) is 4. The van der Waals surface area contributed by atoms with Crippen molar-refractivity contribution in [3.8, 4) is 0 Å². The molecule has 9 nitrogen and oxygen atoms in total. The van der Waals surface area contributed by atoms with Gasteiger partial charge >= 0.3 is 12.0 Å². The number of nitrogens with one attached hydrogen (secondary N) is 2. The number of aliphatic carboxylic acids is 1. The minimum Gasteiger partial charge on any atom is -0.480 e. The molecule has 0 heterocycles. The molecule has 0 saturated carbocycles. The van der Waals surface area contributed by atoms with E-state index in [-0.39, 0.29) is 12.2 Å². The van der Waals surface area contributed by atoms with Crippen LogP contribution < -0.4 is 16.4 Å². The molecule has 19 heavy (non-hydrogen) atoms. The van der Waals surface area contributed by atoms with Crippen LogP contribution in [0, 0.1) is 0 Å². The fourth-order valence-electron chi connectivity index (χ4n) is 1.06. The maximum absolute atomic E-state index is 11.4. The molecule has 0 aliphatic rings. The highest BCUT2D eigenvalue weighted by Gasteiger charge is 2.22. The van der Waals surface area contributed by atoms with Crippen LogP contribution in [-0.4, -0.2) is 55.5 Å².